The highest BCUT2D eigenvalue weighted by atomic mass is 16.3. The first kappa shape index (κ1) is 12.2. The van der Waals surface area contributed by atoms with Crippen molar-refractivity contribution < 1.29 is 14.7 Å². The van der Waals surface area contributed by atoms with Gasteiger partial charge in [-0.3, -0.25) is 9.59 Å². The van der Waals surface area contributed by atoms with Gasteiger partial charge in [0.1, 0.15) is 0 Å². The minimum Gasteiger partial charge on any atom is -0.388 e. The summed E-state index contributed by atoms with van der Waals surface area (Å²) in [4.78, 5) is 25.4. The van der Waals surface area contributed by atoms with Gasteiger partial charge < -0.3 is 5.11 Å². The molecule has 1 atom stereocenters. The van der Waals surface area contributed by atoms with E-state index in [-0.39, 0.29) is 17.1 Å². The molecule has 2 aromatic carbocycles. The standard InChI is InChI=1S/C18H12O3/c19-14-9-10-5-1-2-6-11(10)15-16(14)18(21)13-8-4-3-7-12(13)17(15)20/h1-8,14,19H,9H2. The van der Waals surface area contributed by atoms with Gasteiger partial charge in [0.05, 0.1) is 6.10 Å². The summed E-state index contributed by atoms with van der Waals surface area (Å²) in [7, 11) is 0. The number of rotatable bonds is 0. The summed E-state index contributed by atoms with van der Waals surface area (Å²) in [5, 5.41) is 10.3. The van der Waals surface area contributed by atoms with Crippen molar-refractivity contribution >= 4 is 17.1 Å². The third-order valence-corrected chi connectivity index (χ3v) is 4.19. The maximum absolute atomic E-state index is 12.8. The number of aliphatic hydroxyl groups is 1. The molecule has 0 saturated heterocycles. The number of carbonyl (C=O) groups is 2. The van der Waals surface area contributed by atoms with Crippen LogP contribution in [0.4, 0.5) is 0 Å². The highest BCUT2D eigenvalue weighted by molar-refractivity contribution is 6.41. The summed E-state index contributed by atoms with van der Waals surface area (Å²) in [6.07, 6.45) is -0.546. The average molecular weight is 276 g/mol. The number of hydrogen-bond acceptors (Lipinski definition) is 3. The van der Waals surface area contributed by atoms with Crippen molar-refractivity contribution in [1.29, 1.82) is 0 Å². The number of hydrogen-bond donors (Lipinski definition) is 1. The van der Waals surface area contributed by atoms with Gasteiger partial charge in [0.15, 0.2) is 11.6 Å². The van der Waals surface area contributed by atoms with E-state index in [2.05, 4.69) is 0 Å². The molecule has 2 aromatic rings. The average Bonchev–Trinajstić information content (AvgIpc) is 2.51. The van der Waals surface area contributed by atoms with Gasteiger partial charge in [-0.05, 0) is 11.1 Å². The van der Waals surface area contributed by atoms with Crippen LogP contribution < -0.4 is 0 Å². The summed E-state index contributed by atoms with van der Waals surface area (Å²) in [5.41, 5.74) is 3.10. The Kier molecular flexibility index (Phi) is 2.47. The first-order valence-corrected chi connectivity index (χ1v) is 6.87. The molecule has 2 aliphatic rings. The molecule has 2 aliphatic carbocycles. The minimum absolute atomic E-state index is 0.175. The smallest absolute Gasteiger partial charge is 0.194 e. The van der Waals surface area contributed by atoms with Crippen LogP contribution in [0, 0.1) is 0 Å². The van der Waals surface area contributed by atoms with Crippen LogP contribution in [-0.4, -0.2) is 22.8 Å². The van der Waals surface area contributed by atoms with Crippen molar-refractivity contribution in [2.24, 2.45) is 0 Å². The quantitative estimate of drug-likeness (QED) is 0.804. The molecular weight excluding hydrogens is 264 g/mol. The van der Waals surface area contributed by atoms with E-state index in [9.17, 15) is 14.7 Å². The van der Waals surface area contributed by atoms with Crippen LogP contribution in [-0.2, 0) is 6.42 Å². The SMILES string of the molecule is O=C1C2=C(C(=O)c3ccccc31)C(O)Cc1ccccc12. The molecular formula is C18H12O3. The van der Waals surface area contributed by atoms with Crippen molar-refractivity contribution in [1.82, 2.24) is 0 Å². The zero-order chi connectivity index (χ0) is 14.6. The number of Topliss-reactive ketones (excluding diaryl/α,β-unsaturated/α-hetero) is 2. The third kappa shape index (κ3) is 1.58. The maximum atomic E-state index is 12.8. The number of ketones is 2. The predicted octanol–water partition coefficient (Wildman–Crippen LogP) is 2.44. The first-order chi connectivity index (χ1) is 10.2. The van der Waals surface area contributed by atoms with Gasteiger partial charge in [0, 0.05) is 28.7 Å². The fourth-order valence-corrected chi connectivity index (χ4v) is 3.23. The Bertz CT molecular complexity index is 830. The topological polar surface area (TPSA) is 54.4 Å². The summed E-state index contributed by atoms with van der Waals surface area (Å²) in [5.74, 6) is -0.409. The lowest BCUT2D eigenvalue weighted by molar-refractivity contribution is 0.0951. The molecule has 1 unspecified atom stereocenters. The molecule has 21 heavy (non-hydrogen) atoms. The normalized spacial score (nSPS) is 20.0. The monoisotopic (exact) mass is 276 g/mol. The van der Waals surface area contributed by atoms with E-state index < -0.39 is 6.10 Å². The Morgan fingerprint density at radius 3 is 2.10 bits per heavy atom. The van der Waals surface area contributed by atoms with E-state index in [0.29, 0.717) is 23.1 Å². The second-order valence-electron chi connectivity index (χ2n) is 5.37. The van der Waals surface area contributed by atoms with E-state index in [1.165, 1.54) is 0 Å². The number of fused-ring (bicyclic) bond motifs is 3. The summed E-state index contributed by atoms with van der Waals surface area (Å²) >= 11 is 0. The van der Waals surface area contributed by atoms with Crippen molar-refractivity contribution in [3.05, 3.63) is 76.4 Å². The molecule has 0 radical (unpaired) electrons. The number of allylic oxidation sites excluding steroid dienone is 1. The van der Waals surface area contributed by atoms with Crippen LogP contribution in [0.15, 0.2) is 54.1 Å². The van der Waals surface area contributed by atoms with Crippen LogP contribution in [0.1, 0.15) is 31.8 Å². The molecule has 102 valence electrons. The predicted molar refractivity (Wildman–Crippen MR) is 78.2 cm³/mol. The Hall–Kier alpha value is -2.52. The van der Waals surface area contributed by atoms with Crippen LogP contribution >= 0.6 is 0 Å². The lowest BCUT2D eigenvalue weighted by Crippen LogP contribution is -2.33. The molecule has 0 fully saturated rings. The molecule has 0 aromatic heterocycles. The number of aliphatic hydroxyl groups excluding tert-OH is 1. The van der Waals surface area contributed by atoms with Crippen molar-refractivity contribution in [3.8, 4) is 0 Å². The Labute approximate surface area is 121 Å². The molecule has 1 N–H and O–H groups in total. The zero-order valence-electron chi connectivity index (χ0n) is 11.2. The van der Waals surface area contributed by atoms with E-state index in [1.807, 2.05) is 24.3 Å². The third-order valence-electron chi connectivity index (χ3n) is 4.19. The first-order valence-electron chi connectivity index (χ1n) is 6.87. The molecule has 3 nitrogen and oxygen atoms in total. The van der Waals surface area contributed by atoms with Gasteiger partial charge >= 0.3 is 0 Å². The molecule has 4 rings (SSSR count). The van der Waals surface area contributed by atoms with E-state index in [4.69, 9.17) is 0 Å². The lowest BCUT2D eigenvalue weighted by atomic mass is 9.73. The van der Waals surface area contributed by atoms with E-state index >= 15 is 0 Å². The van der Waals surface area contributed by atoms with E-state index in [1.54, 1.807) is 24.3 Å². The Morgan fingerprint density at radius 1 is 0.810 bits per heavy atom. The number of benzene rings is 2. The van der Waals surface area contributed by atoms with Gasteiger partial charge in [-0.15, -0.1) is 0 Å². The second kappa shape index (κ2) is 4.24. The van der Waals surface area contributed by atoms with Gasteiger partial charge in [0.25, 0.3) is 0 Å². The maximum Gasteiger partial charge on any atom is 0.194 e. The van der Waals surface area contributed by atoms with Gasteiger partial charge in [-0.1, -0.05) is 48.5 Å². The number of carbonyl (C=O) groups excluding carboxylic acids is 2. The zero-order valence-corrected chi connectivity index (χ0v) is 11.2. The molecule has 3 heteroatoms. The fraction of sp³-hybridized carbons (Fsp3) is 0.111. The minimum atomic E-state index is -0.917. The molecule has 0 heterocycles. The fourth-order valence-electron chi connectivity index (χ4n) is 3.23. The molecule has 0 aliphatic heterocycles. The van der Waals surface area contributed by atoms with Gasteiger partial charge in [0.2, 0.25) is 0 Å². The van der Waals surface area contributed by atoms with Crippen molar-refractivity contribution in [2.45, 2.75) is 12.5 Å². The van der Waals surface area contributed by atoms with Crippen molar-refractivity contribution in [2.75, 3.05) is 0 Å². The second-order valence-corrected chi connectivity index (χ2v) is 5.37. The molecule has 0 bridgehead atoms. The van der Waals surface area contributed by atoms with Gasteiger partial charge in [-0.2, -0.15) is 0 Å². The Balaban J connectivity index is 2.05. The largest absolute Gasteiger partial charge is 0.388 e. The lowest BCUT2D eigenvalue weighted by Gasteiger charge is -2.29. The highest BCUT2D eigenvalue weighted by Gasteiger charge is 2.39. The molecule has 0 amide bonds. The van der Waals surface area contributed by atoms with Crippen LogP contribution in [0.3, 0.4) is 0 Å². The summed E-state index contributed by atoms with van der Waals surface area (Å²) in [6.45, 7) is 0. The van der Waals surface area contributed by atoms with Crippen molar-refractivity contribution in [3.63, 3.8) is 0 Å². The molecule has 0 spiro atoms. The van der Waals surface area contributed by atoms with Crippen LogP contribution in [0.25, 0.3) is 5.57 Å². The molecule has 0 saturated carbocycles. The van der Waals surface area contributed by atoms with Crippen LogP contribution in [0.5, 0.6) is 0 Å². The van der Waals surface area contributed by atoms with E-state index in [0.717, 1.165) is 11.1 Å². The Morgan fingerprint density at radius 2 is 1.38 bits per heavy atom. The van der Waals surface area contributed by atoms with Gasteiger partial charge in [-0.25, -0.2) is 0 Å². The summed E-state index contributed by atoms with van der Waals surface area (Å²) < 4.78 is 0. The highest BCUT2D eigenvalue weighted by Crippen LogP contribution is 2.39. The summed E-state index contributed by atoms with van der Waals surface area (Å²) in [6, 6.07) is 14.3. The van der Waals surface area contributed by atoms with Crippen LogP contribution in [0.2, 0.25) is 0 Å².